The molecule has 0 nitrogen and oxygen atoms in total. The monoisotopic (exact) mass is 406 g/mol. The van der Waals surface area contributed by atoms with Gasteiger partial charge in [0.25, 0.3) is 0 Å². The summed E-state index contributed by atoms with van der Waals surface area (Å²) in [5, 5.41) is 0.882. The highest BCUT2D eigenvalue weighted by atomic mass is 35.5. The third-order valence-electron chi connectivity index (χ3n) is 6.36. The van der Waals surface area contributed by atoms with E-state index in [9.17, 15) is 0 Å². The number of unbranched alkanes of at least 4 members (excludes halogenated alkanes) is 3. The Hall–Kier alpha value is -1.71. The van der Waals surface area contributed by atoms with Crippen LogP contribution in [0.5, 0.6) is 0 Å². The maximum Gasteiger partial charge on any atom is 0.0450 e. The van der Waals surface area contributed by atoms with Crippen LogP contribution in [0.4, 0.5) is 0 Å². The number of benzene rings is 2. The normalized spacial score (nSPS) is 18.9. The topological polar surface area (TPSA) is 0 Å². The summed E-state index contributed by atoms with van der Waals surface area (Å²) in [5.74, 6) is 8.15. The molecular formula is C28H35Cl. The average Bonchev–Trinajstić information content (AvgIpc) is 2.77. The minimum absolute atomic E-state index is 0.522. The summed E-state index contributed by atoms with van der Waals surface area (Å²) in [4.78, 5) is 0. The number of aryl methyl sites for hydroxylation is 2. The number of hydrogen-bond donors (Lipinski definition) is 0. The molecule has 1 fully saturated rings. The summed E-state index contributed by atoms with van der Waals surface area (Å²) in [7, 11) is 0. The van der Waals surface area contributed by atoms with E-state index in [1.165, 1.54) is 68.1 Å². The highest BCUT2D eigenvalue weighted by Gasteiger charge is 2.21. The zero-order valence-electron chi connectivity index (χ0n) is 18.1. The van der Waals surface area contributed by atoms with Gasteiger partial charge >= 0.3 is 0 Å². The van der Waals surface area contributed by atoms with Crippen molar-refractivity contribution < 1.29 is 0 Å². The first-order valence-electron chi connectivity index (χ1n) is 11.6. The molecule has 0 aromatic heterocycles. The molecule has 1 heteroatoms. The number of rotatable bonds is 7. The molecule has 0 N–H and O–H groups in total. The first kappa shape index (κ1) is 22.0. The van der Waals surface area contributed by atoms with Crippen molar-refractivity contribution in [2.75, 3.05) is 0 Å². The molecule has 2 aromatic carbocycles. The molecule has 0 radical (unpaired) electrons. The van der Waals surface area contributed by atoms with Crippen molar-refractivity contribution in [1.82, 2.24) is 0 Å². The first-order chi connectivity index (χ1) is 14.2. The molecular weight excluding hydrogens is 372 g/mol. The lowest BCUT2D eigenvalue weighted by Crippen LogP contribution is -2.12. The van der Waals surface area contributed by atoms with Gasteiger partial charge in [-0.2, -0.15) is 0 Å². The smallest absolute Gasteiger partial charge is 0.0450 e. The maximum atomic E-state index is 6.50. The van der Waals surface area contributed by atoms with E-state index in [0.717, 1.165) is 23.4 Å². The average molecular weight is 407 g/mol. The van der Waals surface area contributed by atoms with Crippen molar-refractivity contribution in [2.45, 2.75) is 84.0 Å². The lowest BCUT2D eigenvalue weighted by Gasteiger charge is -2.26. The van der Waals surface area contributed by atoms with E-state index < -0.39 is 0 Å². The van der Waals surface area contributed by atoms with Crippen LogP contribution in [0.3, 0.4) is 0 Å². The Morgan fingerprint density at radius 2 is 1.66 bits per heavy atom. The molecule has 1 aliphatic rings. The number of halogens is 1. The van der Waals surface area contributed by atoms with E-state index in [2.05, 4.69) is 68.2 Å². The van der Waals surface area contributed by atoms with Crippen molar-refractivity contribution >= 4 is 11.6 Å². The molecule has 0 aliphatic heterocycles. The molecule has 1 saturated carbocycles. The van der Waals surface area contributed by atoms with Crippen molar-refractivity contribution in [3.63, 3.8) is 0 Å². The van der Waals surface area contributed by atoms with Gasteiger partial charge in [0.1, 0.15) is 0 Å². The van der Waals surface area contributed by atoms with E-state index in [4.69, 9.17) is 11.6 Å². The second-order valence-corrected chi connectivity index (χ2v) is 8.94. The minimum Gasteiger partial charge on any atom is -0.0945 e. The number of hydrogen-bond acceptors (Lipinski definition) is 0. The zero-order chi connectivity index (χ0) is 20.5. The highest BCUT2D eigenvalue weighted by molar-refractivity contribution is 6.31. The Kier molecular flexibility index (Phi) is 8.69. The predicted molar refractivity (Wildman–Crippen MR) is 127 cm³/mol. The Morgan fingerprint density at radius 1 is 0.897 bits per heavy atom. The van der Waals surface area contributed by atoms with Crippen LogP contribution in [0.15, 0.2) is 42.5 Å². The van der Waals surface area contributed by atoms with Gasteiger partial charge in [-0.05, 0) is 79.7 Å². The van der Waals surface area contributed by atoms with Crippen LogP contribution in [0.25, 0.3) is 0 Å². The van der Waals surface area contributed by atoms with Gasteiger partial charge in [-0.3, -0.25) is 0 Å². The molecule has 0 atom stereocenters. The third-order valence-corrected chi connectivity index (χ3v) is 6.71. The van der Waals surface area contributed by atoms with Crippen LogP contribution in [0.2, 0.25) is 5.02 Å². The largest absolute Gasteiger partial charge is 0.0945 e. The molecule has 0 bridgehead atoms. The van der Waals surface area contributed by atoms with Crippen LogP contribution in [-0.2, 0) is 12.8 Å². The lowest BCUT2D eigenvalue weighted by atomic mass is 9.79. The summed E-state index contributed by atoms with van der Waals surface area (Å²) < 4.78 is 0. The fraction of sp³-hybridized carbons (Fsp3) is 0.500. The van der Waals surface area contributed by atoms with Crippen molar-refractivity contribution in [1.29, 1.82) is 0 Å². The van der Waals surface area contributed by atoms with Gasteiger partial charge in [-0.15, -0.1) is 0 Å². The van der Waals surface area contributed by atoms with E-state index >= 15 is 0 Å². The summed E-state index contributed by atoms with van der Waals surface area (Å²) in [6, 6.07) is 15.6. The van der Waals surface area contributed by atoms with E-state index in [0.29, 0.717) is 11.8 Å². The molecule has 0 saturated heterocycles. The van der Waals surface area contributed by atoms with Crippen LogP contribution >= 0.6 is 11.6 Å². The van der Waals surface area contributed by atoms with Gasteiger partial charge < -0.3 is 0 Å². The van der Waals surface area contributed by atoms with Gasteiger partial charge in [-0.25, -0.2) is 0 Å². The summed E-state index contributed by atoms with van der Waals surface area (Å²) >= 11 is 6.50. The molecule has 154 valence electrons. The molecule has 0 spiro atoms. The van der Waals surface area contributed by atoms with Crippen molar-refractivity contribution in [2.24, 2.45) is 5.92 Å². The van der Waals surface area contributed by atoms with Gasteiger partial charge in [0.15, 0.2) is 0 Å². The minimum atomic E-state index is 0.522. The Morgan fingerprint density at radius 3 is 2.31 bits per heavy atom. The highest BCUT2D eigenvalue weighted by Crippen LogP contribution is 2.35. The molecule has 2 aromatic rings. The van der Waals surface area contributed by atoms with E-state index in [-0.39, 0.29) is 0 Å². The SMILES string of the molecule is CCCCCCc1ccc(C#CC2CCC(c3ccc(CC)cc3)CC2)cc1Cl. The van der Waals surface area contributed by atoms with E-state index in [1.807, 2.05) is 0 Å². The Bertz CT molecular complexity index is 814. The molecule has 3 rings (SSSR count). The fourth-order valence-electron chi connectivity index (χ4n) is 4.35. The standard InChI is InChI=1S/C28H35Cl/c1-3-5-6-7-8-27-20-15-24(21-28(27)29)10-9-23-13-18-26(19-14-23)25-16-11-22(4-2)12-17-25/h11-12,15-17,20-21,23,26H,3-8,13-14,18-19H2,1-2H3. The predicted octanol–water partition coefficient (Wildman–Crippen LogP) is 8.35. The van der Waals surface area contributed by atoms with E-state index in [1.54, 1.807) is 0 Å². The zero-order valence-corrected chi connectivity index (χ0v) is 18.9. The quantitative estimate of drug-likeness (QED) is 0.320. The van der Waals surface area contributed by atoms with Gasteiger partial charge in [0.05, 0.1) is 0 Å². The third kappa shape index (κ3) is 6.65. The summed E-state index contributed by atoms with van der Waals surface area (Å²) in [5.41, 5.74) is 5.27. The molecule has 1 aliphatic carbocycles. The molecule has 0 heterocycles. The van der Waals surface area contributed by atoms with Crippen molar-refractivity contribution in [3.8, 4) is 11.8 Å². The Labute approximate surface area is 183 Å². The first-order valence-corrected chi connectivity index (χ1v) is 12.0. The fourth-order valence-corrected chi connectivity index (χ4v) is 4.63. The second-order valence-electron chi connectivity index (χ2n) is 8.53. The van der Waals surface area contributed by atoms with Crippen LogP contribution in [0.1, 0.15) is 93.4 Å². The van der Waals surface area contributed by atoms with Gasteiger partial charge in [0, 0.05) is 16.5 Å². The summed E-state index contributed by atoms with van der Waals surface area (Å²) in [6.07, 6.45) is 12.2. The van der Waals surface area contributed by atoms with Gasteiger partial charge in [0.2, 0.25) is 0 Å². The van der Waals surface area contributed by atoms with Crippen LogP contribution in [-0.4, -0.2) is 0 Å². The molecule has 0 amide bonds. The maximum absolute atomic E-state index is 6.50. The van der Waals surface area contributed by atoms with Crippen LogP contribution < -0.4 is 0 Å². The Balaban J connectivity index is 1.51. The van der Waals surface area contributed by atoms with Crippen molar-refractivity contribution in [3.05, 3.63) is 69.7 Å². The summed E-state index contributed by atoms with van der Waals surface area (Å²) in [6.45, 7) is 4.46. The second kappa shape index (κ2) is 11.5. The van der Waals surface area contributed by atoms with Crippen LogP contribution in [0, 0.1) is 17.8 Å². The molecule has 0 unspecified atom stereocenters. The van der Waals surface area contributed by atoms with Gasteiger partial charge in [-0.1, -0.05) is 86.9 Å². The lowest BCUT2D eigenvalue weighted by molar-refractivity contribution is 0.384. The molecule has 29 heavy (non-hydrogen) atoms.